The van der Waals surface area contributed by atoms with Crippen molar-refractivity contribution in [3.05, 3.63) is 24.3 Å². The van der Waals surface area contributed by atoms with Gasteiger partial charge in [0.1, 0.15) is 6.61 Å². The van der Waals surface area contributed by atoms with Crippen molar-refractivity contribution >= 4 is 17.3 Å². The highest BCUT2D eigenvalue weighted by Crippen LogP contribution is 2.15. The molecule has 0 saturated heterocycles. The van der Waals surface area contributed by atoms with Crippen LogP contribution >= 0.6 is 0 Å². The smallest absolute Gasteiger partial charge is 0.250 e. The van der Waals surface area contributed by atoms with Gasteiger partial charge in [-0.15, -0.1) is 0 Å². The first-order valence-corrected chi connectivity index (χ1v) is 6.27. The molecule has 5 heteroatoms. The van der Waals surface area contributed by atoms with E-state index in [1.54, 1.807) is 7.11 Å². The Hall–Kier alpha value is -1.59. The van der Waals surface area contributed by atoms with Crippen molar-refractivity contribution in [2.24, 2.45) is 5.92 Å². The molecule has 0 bridgehead atoms. The Kier molecular flexibility index (Phi) is 6.92. The summed E-state index contributed by atoms with van der Waals surface area (Å²) >= 11 is 0. The lowest BCUT2D eigenvalue weighted by Crippen LogP contribution is -2.18. The van der Waals surface area contributed by atoms with Crippen molar-refractivity contribution in [1.82, 2.24) is 0 Å². The third kappa shape index (κ3) is 6.22. The Balaban J connectivity index is 2.49. The monoisotopic (exact) mass is 266 g/mol. The number of ether oxygens (including phenoxy) is 2. The number of benzene rings is 1. The minimum Gasteiger partial charge on any atom is -0.385 e. The molecule has 106 valence electrons. The Labute approximate surface area is 114 Å². The first-order chi connectivity index (χ1) is 9.15. The summed E-state index contributed by atoms with van der Waals surface area (Å²) in [5, 5.41) is 6.08. The van der Waals surface area contributed by atoms with Crippen LogP contribution in [0.3, 0.4) is 0 Å². The second kappa shape index (κ2) is 8.50. The molecule has 0 heterocycles. The molecule has 0 saturated carbocycles. The SMILES string of the molecule is COCC(=O)Nc1cccc(NCC(C)COC)c1. The van der Waals surface area contributed by atoms with Gasteiger partial charge in [-0.2, -0.15) is 0 Å². The number of carbonyl (C=O) groups excluding carboxylic acids is 1. The van der Waals surface area contributed by atoms with E-state index in [0.29, 0.717) is 5.92 Å². The second-order valence-corrected chi connectivity index (χ2v) is 4.50. The molecule has 19 heavy (non-hydrogen) atoms. The highest BCUT2D eigenvalue weighted by atomic mass is 16.5. The first-order valence-electron chi connectivity index (χ1n) is 6.27. The molecular weight excluding hydrogens is 244 g/mol. The molecule has 1 amide bonds. The van der Waals surface area contributed by atoms with E-state index in [9.17, 15) is 4.79 Å². The lowest BCUT2D eigenvalue weighted by Gasteiger charge is -2.13. The zero-order valence-electron chi connectivity index (χ0n) is 11.7. The van der Waals surface area contributed by atoms with Gasteiger partial charge in [-0.25, -0.2) is 0 Å². The van der Waals surface area contributed by atoms with Crippen molar-refractivity contribution < 1.29 is 14.3 Å². The summed E-state index contributed by atoms with van der Waals surface area (Å²) in [6.07, 6.45) is 0. The van der Waals surface area contributed by atoms with Crippen LogP contribution in [-0.2, 0) is 14.3 Å². The van der Waals surface area contributed by atoms with Crippen molar-refractivity contribution in [3.8, 4) is 0 Å². The van der Waals surface area contributed by atoms with Gasteiger partial charge in [0.15, 0.2) is 0 Å². The third-order valence-corrected chi connectivity index (χ3v) is 2.53. The van der Waals surface area contributed by atoms with Crippen molar-refractivity contribution in [2.45, 2.75) is 6.92 Å². The van der Waals surface area contributed by atoms with Crippen molar-refractivity contribution in [3.63, 3.8) is 0 Å². The lowest BCUT2D eigenvalue weighted by atomic mass is 10.2. The minimum absolute atomic E-state index is 0.0581. The molecule has 1 rings (SSSR count). The molecule has 0 radical (unpaired) electrons. The summed E-state index contributed by atoms with van der Waals surface area (Å²) < 4.78 is 9.85. The standard InChI is InChI=1S/C14H22N2O3/c1-11(9-18-2)8-15-12-5-4-6-13(7-12)16-14(17)10-19-3/h4-7,11,15H,8-10H2,1-3H3,(H,16,17). The van der Waals surface area contributed by atoms with Crippen LogP contribution in [0.15, 0.2) is 24.3 Å². The summed E-state index contributed by atoms with van der Waals surface area (Å²) in [4.78, 5) is 11.4. The molecular formula is C14H22N2O3. The van der Waals surface area contributed by atoms with Crippen molar-refractivity contribution in [1.29, 1.82) is 0 Å². The summed E-state index contributed by atoms with van der Waals surface area (Å²) in [5.74, 6) is 0.268. The average Bonchev–Trinajstić information content (AvgIpc) is 2.37. The largest absolute Gasteiger partial charge is 0.385 e. The quantitative estimate of drug-likeness (QED) is 0.755. The average molecular weight is 266 g/mol. The molecule has 1 unspecified atom stereocenters. The Morgan fingerprint density at radius 2 is 2.00 bits per heavy atom. The molecule has 0 aliphatic heterocycles. The van der Waals surface area contributed by atoms with Crippen LogP contribution < -0.4 is 10.6 Å². The fourth-order valence-electron chi connectivity index (χ4n) is 1.67. The van der Waals surface area contributed by atoms with Crippen LogP contribution in [0.2, 0.25) is 0 Å². The van der Waals surface area contributed by atoms with E-state index in [1.807, 2.05) is 24.3 Å². The maximum absolute atomic E-state index is 11.4. The molecule has 1 aromatic carbocycles. The van der Waals surface area contributed by atoms with E-state index in [4.69, 9.17) is 9.47 Å². The maximum Gasteiger partial charge on any atom is 0.250 e. The summed E-state index contributed by atoms with van der Waals surface area (Å²) in [6, 6.07) is 7.60. The fraction of sp³-hybridized carbons (Fsp3) is 0.500. The molecule has 0 aromatic heterocycles. The molecule has 2 N–H and O–H groups in total. The van der Waals surface area contributed by atoms with Crippen LogP contribution in [0, 0.1) is 5.92 Å². The van der Waals surface area contributed by atoms with Crippen LogP contribution in [-0.4, -0.2) is 39.9 Å². The van der Waals surface area contributed by atoms with Gasteiger partial charge < -0.3 is 20.1 Å². The van der Waals surface area contributed by atoms with Crippen LogP contribution in [0.4, 0.5) is 11.4 Å². The summed E-state index contributed by atoms with van der Waals surface area (Å²) in [5.41, 5.74) is 1.73. The Morgan fingerprint density at radius 3 is 2.68 bits per heavy atom. The number of amides is 1. The predicted molar refractivity (Wildman–Crippen MR) is 76.5 cm³/mol. The number of methoxy groups -OCH3 is 2. The first kappa shape index (κ1) is 15.5. The van der Waals surface area contributed by atoms with Gasteiger partial charge >= 0.3 is 0 Å². The highest BCUT2D eigenvalue weighted by Gasteiger charge is 2.04. The normalized spacial score (nSPS) is 11.9. The minimum atomic E-state index is -0.160. The number of rotatable bonds is 8. The molecule has 0 aliphatic carbocycles. The van der Waals surface area contributed by atoms with Gasteiger partial charge in [-0.05, 0) is 24.1 Å². The molecule has 5 nitrogen and oxygen atoms in total. The topological polar surface area (TPSA) is 59.6 Å². The van der Waals surface area contributed by atoms with Gasteiger partial charge in [0, 0.05) is 32.1 Å². The zero-order chi connectivity index (χ0) is 14.1. The van der Waals surface area contributed by atoms with Gasteiger partial charge in [0.25, 0.3) is 0 Å². The molecule has 1 atom stereocenters. The molecule has 0 spiro atoms. The van der Waals surface area contributed by atoms with E-state index in [2.05, 4.69) is 17.6 Å². The van der Waals surface area contributed by atoms with Gasteiger partial charge in [-0.1, -0.05) is 13.0 Å². The number of nitrogens with one attached hydrogen (secondary N) is 2. The number of anilines is 2. The van der Waals surface area contributed by atoms with Crippen LogP contribution in [0.25, 0.3) is 0 Å². The number of hydrogen-bond acceptors (Lipinski definition) is 4. The molecule has 1 aromatic rings. The fourth-order valence-corrected chi connectivity index (χ4v) is 1.67. The molecule has 0 aliphatic rings. The Bertz CT molecular complexity index is 396. The summed E-state index contributed by atoms with van der Waals surface area (Å²) in [6.45, 7) is 3.71. The number of hydrogen-bond donors (Lipinski definition) is 2. The van der Waals surface area contributed by atoms with Crippen LogP contribution in [0.5, 0.6) is 0 Å². The predicted octanol–water partition coefficient (Wildman–Crippen LogP) is 1.97. The lowest BCUT2D eigenvalue weighted by molar-refractivity contribution is -0.119. The van der Waals surface area contributed by atoms with Gasteiger partial charge in [0.05, 0.1) is 6.61 Å². The number of carbonyl (C=O) groups is 1. The van der Waals surface area contributed by atoms with E-state index < -0.39 is 0 Å². The summed E-state index contributed by atoms with van der Waals surface area (Å²) in [7, 11) is 3.19. The van der Waals surface area contributed by atoms with E-state index in [1.165, 1.54) is 7.11 Å². The van der Waals surface area contributed by atoms with Gasteiger partial charge in [0.2, 0.25) is 5.91 Å². The maximum atomic E-state index is 11.4. The zero-order valence-corrected chi connectivity index (χ0v) is 11.7. The van der Waals surface area contributed by atoms with Gasteiger partial charge in [-0.3, -0.25) is 4.79 Å². The van der Waals surface area contributed by atoms with E-state index in [-0.39, 0.29) is 12.5 Å². The van der Waals surface area contributed by atoms with E-state index in [0.717, 1.165) is 24.5 Å². The Morgan fingerprint density at radius 1 is 1.26 bits per heavy atom. The van der Waals surface area contributed by atoms with E-state index >= 15 is 0 Å². The molecule has 0 fully saturated rings. The third-order valence-electron chi connectivity index (χ3n) is 2.53. The second-order valence-electron chi connectivity index (χ2n) is 4.50. The van der Waals surface area contributed by atoms with Crippen molar-refractivity contribution in [2.75, 3.05) is 44.6 Å². The highest BCUT2D eigenvalue weighted by molar-refractivity contribution is 5.92. The van der Waals surface area contributed by atoms with Crippen LogP contribution in [0.1, 0.15) is 6.92 Å².